The van der Waals surface area contributed by atoms with Gasteiger partial charge in [-0.2, -0.15) is 26.9 Å². The molecule has 0 saturated heterocycles. The van der Waals surface area contributed by atoms with Crippen molar-refractivity contribution in [2.45, 2.75) is 43.5 Å². The molecule has 4 nitrogen and oxygen atoms in total. The Kier molecular flexibility index (Phi) is 4.95. The van der Waals surface area contributed by atoms with E-state index in [4.69, 9.17) is 5.26 Å². The van der Waals surface area contributed by atoms with Crippen LogP contribution < -0.4 is 0 Å². The van der Waals surface area contributed by atoms with Gasteiger partial charge in [-0.15, -0.1) is 0 Å². The quantitative estimate of drug-likeness (QED) is 0.600. The van der Waals surface area contributed by atoms with Gasteiger partial charge in [-0.3, -0.25) is 0 Å². The highest BCUT2D eigenvalue weighted by Crippen LogP contribution is 2.42. The highest BCUT2D eigenvalue weighted by atomic mass is 32.2. The van der Waals surface area contributed by atoms with Crippen LogP contribution in [0.5, 0.6) is 0 Å². The summed E-state index contributed by atoms with van der Waals surface area (Å²) >= 11 is 0. The third-order valence-corrected chi connectivity index (χ3v) is 5.15. The molecule has 1 atom stereocenters. The van der Waals surface area contributed by atoms with E-state index in [-0.39, 0.29) is 25.0 Å². The van der Waals surface area contributed by atoms with Gasteiger partial charge in [-0.1, -0.05) is 29.8 Å². The molecule has 1 aliphatic rings. The number of nitrogens with zero attached hydrogens (tertiary/aromatic N) is 1. The predicted molar refractivity (Wildman–Crippen MR) is 81.1 cm³/mol. The number of alkyl halides is 3. The van der Waals surface area contributed by atoms with Gasteiger partial charge in [-0.05, 0) is 31.4 Å². The third kappa shape index (κ3) is 3.73. The molecule has 1 aromatic carbocycles. The second kappa shape index (κ2) is 6.48. The fraction of sp³-hybridized carbons (Fsp3) is 0.438. The normalized spacial score (nSPS) is 21.7. The van der Waals surface area contributed by atoms with Gasteiger partial charge in [0, 0.05) is 18.3 Å². The van der Waals surface area contributed by atoms with Gasteiger partial charge >= 0.3 is 15.6 Å². The lowest BCUT2D eigenvalue weighted by molar-refractivity contribution is -0.0524. The maximum absolute atomic E-state index is 12.4. The molecule has 1 aliphatic carbocycles. The highest BCUT2D eigenvalue weighted by molar-refractivity contribution is 7.87. The summed E-state index contributed by atoms with van der Waals surface area (Å²) in [5, 5.41) is 9.11. The number of hydrogen-bond donors (Lipinski definition) is 0. The van der Waals surface area contributed by atoms with E-state index in [2.05, 4.69) is 10.3 Å². The third-order valence-electron chi connectivity index (χ3n) is 4.15. The van der Waals surface area contributed by atoms with Crippen molar-refractivity contribution in [3.05, 3.63) is 47.2 Å². The van der Waals surface area contributed by atoms with E-state index in [0.29, 0.717) is 6.42 Å². The van der Waals surface area contributed by atoms with Crippen LogP contribution in [0.2, 0.25) is 0 Å². The zero-order valence-corrected chi connectivity index (χ0v) is 13.7. The molecule has 130 valence electrons. The molecule has 0 heterocycles. The number of benzene rings is 1. The van der Waals surface area contributed by atoms with Crippen LogP contribution in [0, 0.1) is 18.3 Å². The maximum Gasteiger partial charge on any atom is 0.534 e. The Hall–Kier alpha value is -2.01. The average molecular weight is 359 g/mol. The number of allylic oxidation sites excluding steroid dienone is 2. The van der Waals surface area contributed by atoms with Crippen molar-refractivity contribution in [3.63, 3.8) is 0 Å². The first kappa shape index (κ1) is 18.3. The van der Waals surface area contributed by atoms with Crippen molar-refractivity contribution in [2.75, 3.05) is 0 Å². The van der Waals surface area contributed by atoms with E-state index in [1.165, 1.54) is 6.08 Å². The van der Waals surface area contributed by atoms with Crippen LogP contribution in [0.4, 0.5) is 13.2 Å². The van der Waals surface area contributed by atoms with Crippen molar-refractivity contribution in [2.24, 2.45) is 0 Å². The topological polar surface area (TPSA) is 67.2 Å². The van der Waals surface area contributed by atoms with Gasteiger partial charge < -0.3 is 4.18 Å². The zero-order valence-electron chi connectivity index (χ0n) is 12.9. The van der Waals surface area contributed by atoms with Gasteiger partial charge in [0.25, 0.3) is 0 Å². The summed E-state index contributed by atoms with van der Waals surface area (Å²) < 4.78 is 63.5. The molecule has 24 heavy (non-hydrogen) atoms. The van der Waals surface area contributed by atoms with Crippen LogP contribution in [-0.4, -0.2) is 13.9 Å². The van der Waals surface area contributed by atoms with Gasteiger partial charge in [0.15, 0.2) is 0 Å². The molecule has 2 rings (SSSR count). The second-order valence-electron chi connectivity index (χ2n) is 5.84. The molecule has 0 bridgehead atoms. The van der Waals surface area contributed by atoms with Crippen molar-refractivity contribution in [1.29, 1.82) is 5.26 Å². The summed E-state index contributed by atoms with van der Waals surface area (Å²) in [5.74, 6) is -0.229. The molecule has 0 aromatic heterocycles. The summed E-state index contributed by atoms with van der Waals surface area (Å²) in [4.78, 5) is 0. The summed E-state index contributed by atoms with van der Waals surface area (Å²) in [5.41, 5.74) is -4.04. The minimum atomic E-state index is -5.65. The Morgan fingerprint density at radius 3 is 2.38 bits per heavy atom. The smallest absolute Gasteiger partial charge is 0.381 e. The minimum absolute atomic E-state index is 0.0187. The monoisotopic (exact) mass is 359 g/mol. The summed E-state index contributed by atoms with van der Waals surface area (Å²) in [7, 11) is -5.65. The van der Waals surface area contributed by atoms with E-state index in [9.17, 15) is 21.6 Å². The second-order valence-corrected chi connectivity index (χ2v) is 7.38. The van der Waals surface area contributed by atoms with Crippen molar-refractivity contribution in [3.8, 4) is 6.07 Å². The Morgan fingerprint density at radius 1 is 1.29 bits per heavy atom. The number of rotatable bonds is 4. The Balaban J connectivity index is 2.25. The van der Waals surface area contributed by atoms with Crippen molar-refractivity contribution < 1.29 is 25.8 Å². The highest BCUT2D eigenvalue weighted by Gasteiger charge is 2.49. The van der Waals surface area contributed by atoms with Gasteiger partial charge in [0.2, 0.25) is 0 Å². The largest absolute Gasteiger partial charge is 0.534 e. The van der Waals surface area contributed by atoms with E-state index in [0.717, 1.165) is 11.1 Å². The first-order valence-corrected chi connectivity index (χ1v) is 8.64. The average Bonchev–Trinajstić information content (AvgIpc) is 2.49. The Labute approximate surface area is 138 Å². The molecule has 0 saturated carbocycles. The molecule has 0 fully saturated rings. The fourth-order valence-corrected chi connectivity index (χ4v) is 3.25. The summed E-state index contributed by atoms with van der Waals surface area (Å²) in [6, 6.07) is 9.69. The predicted octanol–water partition coefficient (Wildman–Crippen LogP) is 4.08. The minimum Gasteiger partial charge on any atom is -0.381 e. The SMILES string of the molecule is Cc1ccc(C2(CC#N)CC=C(OS(=O)(=O)C(F)(F)F)CC2)cc1. The van der Waals surface area contributed by atoms with Crippen molar-refractivity contribution >= 4 is 10.1 Å². The molecule has 0 N–H and O–H groups in total. The Bertz CT molecular complexity index is 776. The van der Waals surface area contributed by atoms with Crippen molar-refractivity contribution in [1.82, 2.24) is 0 Å². The molecule has 0 radical (unpaired) electrons. The molecule has 0 aliphatic heterocycles. The van der Waals surface area contributed by atoms with Crippen LogP contribution in [0.25, 0.3) is 0 Å². The van der Waals surface area contributed by atoms with Crippen LogP contribution >= 0.6 is 0 Å². The molecular weight excluding hydrogens is 343 g/mol. The summed E-state index contributed by atoms with van der Waals surface area (Å²) in [6.07, 6.45) is 2.12. The molecule has 1 aromatic rings. The van der Waals surface area contributed by atoms with Gasteiger partial charge in [0.1, 0.15) is 5.76 Å². The van der Waals surface area contributed by atoms with Gasteiger partial charge in [-0.25, -0.2) is 0 Å². The van der Waals surface area contributed by atoms with Gasteiger partial charge in [0.05, 0.1) is 6.07 Å². The van der Waals surface area contributed by atoms with Crippen LogP contribution in [-0.2, 0) is 19.7 Å². The number of hydrogen-bond acceptors (Lipinski definition) is 4. The number of halogens is 3. The lowest BCUT2D eigenvalue weighted by atomic mass is 9.69. The first-order valence-electron chi connectivity index (χ1n) is 7.23. The molecule has 8 heteroatoms. The zero-order chi connectivity index (χ0) is 18.0. The Morgan fingerprint density at radius 2 is 1.92 bits per heavy atom. The first-order chi connectivity index (χ1) is 11.1. The lowest BCUT2D eigenvalue weighted by Gasteiger charge is -2.35. The summed E-state index contributed by atoms with van der Waals surface area (Å²) in [6.45, 7) is 1.93. The molecule has 0 spiro atoms. The van der Waals surface area contributed by atoms with E-state index >= 15 is 0 Å². The number of nitriles is 1. The van der Waals surface area contributed by atoms with Crippen LogP contribution in [0.1, 0.15) is 36.8 Å². The molecule has 0 amide bonds. The fourth-order valence-electron chi connectivity index (χ4n) is 2.72. The standard InChI is InChI=1S/C16H16F3NO3S/c1-12-2-4-13(5-3-12)15(10-11-20)8-6-14(7-9-15)23-24(21,22)16(17,18)19/h2-6H,7-10H2,1H3. The molecule has 1 unspecified atom stereocenters. The lowest BCUT2D eigenvalue weighted by Crippen LogP contribution is -2.30. The van der Waals surface area contributed by atoms with Crippen LogP contribution in [0.3, 0.4) is 0 Å². The maximum atomic E-state index is 12.4. The van der Waals surface area contributed by atoms with E-state index < -0.39 is 21.0 Å². The van der Waals surface area contributed by atoms with Crippen LogP contribution in [0.15, 0.2) is 36.1 Å². The van der Waals surface area contributed by atoms with E-state index in [1.807, 2.05) is 31.2 Å². The number of aryl methyl sites for hydroxylation is 1. The van der Waals surface area contributed by atoms with E-state index in [1.54, 1.807) is 0 Å². The molecular formula is C16H16F3NO3S.